The summed E-state index contributed by atoms with van der Waals surface area (Å²) < 4.78 is 70.4. The van der Waals surface area contributed by atoms with Gasteiger partial charge in [-0.25, -0.2) is 0 Å². The van der Waals surface area contributed by atoms with Crippen LogP contribution in [0, 0.1) is 0 Å². The molecule has 4 aromatic rings. The summed E-state index contributed by atoms with van der Waals surface area (Å²) in [5, 5.41) is 18.9. The van der Waals surface area contributed by atoms with Gasteiger partial charge < -0.3 is 0 Å². The number of nitrogens with zero attached hydrogens (tertiary/aromatic N) is 6. The van der Waals surface area contributed by atoms with E-state index in [0.29, 0.717) is 11.4 Å². The first kappa shape index (κ1) is 33.8. The van der Waals surface area contributed by atoms with E-state index in [0.717, 1.165) is 22.2 Å². The summed E-state index contributed by atoms with van der Waals surface area (Å²) in [6.45, 7) is 3.13. The molecule has 2 amide bonds. The third kappa shape index (κ3) is 6.76. The van der Waals surface area contributed by atoms with Crippen LogP contribution in [0.15, 0.2) is 127 Å². The van der Waals surface area contributed by atoms with Crippen molar-refractivity contribution in [3.05, 3.63) is 97.1 Å². The number of nitrogens with one attached hydrogen (secondary N) is 2. The van der Waals surface area contributed by atoms with Gasteiger partial charge in [-0.1, -0.05) is 48.5 Å². The van der Waals surface area contributed by atoms with Crippen LogP contribution in [0.5, 0.6) is 0 Å². The fourth-order valence-electron chi connectivity index (χ4n) is 5.04. The average Bonchev–Trinajstić information content (AvgIpc) is 3.54. The predicted molar refractivity (Wildman–Crippen MR) is 188 cm³/mol. The van der Waals surface area contributed by atoms with E-state index in [1.165, 1.54) is 24.3 Å². The third-order valence-electron chi connectivity index (χ3n) is 7.38. The van der Waals surface area contributed by atoms with E-state index in [4.69, 9.17) is 0 Å². The van der Waals surface area contributed by atoms with E-state index in [-0.39, 0.29) is 45.3 Å². The molecule has 0 aromatic heterocycles. The van der Waals surface area contributed by atoms with Gasteiger partial charge in [0.05, 0.1) is 34.2 Å². The van der Waals surface area contributed by atoms with Crippen LogP contribution < -0.4 is 20.9 Å². The second kappa shape index (κ2) is 13.1. The number of benzene rings is 4. The Bertz CT molecular complexity index is 2230. The highest BCUT2D eigenvalue weighted by atomic mass is 32.2. The van der Waals surface area contributed by atoms with Crippen LogP contribution in [0.4, 0.5) is 22.7 Å². The normalized spacial score (nSPS) is 16.6. The molecule has 4 aromatic carbocycles. The minimum Gasteiger partial charge on any atom is -0.282 e. The van der Waals surface area contributed by atoms with Gasteiger partial charge in [0.15, 0.2) is 11.4 Å². The highest BCUT2D eigenvalue weighted by molar-refractivity contribution is 7.86. The number of hydrazone groups is 4. The van der Waals surface area contributed by atoms with Crippen molar-refractivity contribution in [2.75, 3.05) is 20.9 Å². The zero-order valence-electron chi connectivity index (χ0n) is 26.1. The van der Waals surface area contributed by atoms with Gasteiger partial charge in [-0.3, -0.25) is 29.5 Å². The molecule has 2 aliphatic heterocycles. The summed E-state index contributed by atoms with van der Waals surface area (Å²) in [6, 6.07) is 24.2. The zero-order chi connectivity index (χ0) is 35.8. The Morgan fingerprint density at radius 1 is 0.580 bits per heavy atom. The summed E-state index contributed by atoms with van der Waals surface area (Å²) >= 11 is 0. The van der Waals surface area contributed by atoms with Gasteiger partial charge >= 0.3 is 11.8 Å². The Kier molecular flexibility index (Phi) is 8.85. The molecule has 2 aliphatic rings. The van der Waals surface area contributed by atoms with Crippen molar-refractivity contribution in [3.63, 3.8) is 0 Å². The number of hydrogen-bond acceptors (Lipinski definition) is 12. The molecule has 0 fully saturated rings. The average molecular weight is 715 g/mol. The fourth-order valence-corrected chi connectivity index (χ4v) is 6.50. The maximum Gasteiger partial charge on any atom is 0.301 e. The van der Waals surface area contributed by atoms with Crippen LogP contribution in [0.1, 0.15) is 13.8 Å². The molecule has 254 valence electrons. The van der Waals surface area contributed by atoms with Crippen LogP contribution in [-0.2, 0) is 29.8 Å². The minimum atomic E-state index is -5.00. The Labute approximate surface area is 285 Å². The molecule has 18 heteroatoms. The number of carbonyl (C=O) groups excluding carboxylic acids is 2. The lowest BCUT2D eigenvalue weighted by atomic mass is 10.0. The monoisotopic (exact) mass is 714 g/mol. The van der Waals surface area contributed by atoms with E-state index in [1.54, 1.807) is 74.5 Å². The van der Waals surface area contributed by atoms with Gasteiger partial charge in [-0.15, -0.1) is 0 Å². The lowest BCUT2D eigenvalue weighted by Gasteiger charge is -2.14. The zero-order valence-corrected chi connectivity index (χ0v) is 27.7. The molecule has 0 spiro atoms. The third-order valence-corrected chi connectivity index (χ3v) is 9.17. The number of rotatable bonds is 9. The fraction of sp³-hybridized carbons (Fsp3) is 0.0625. The lowest BCUT2D eigenvalue weighted by molar-refractivity contribution is -0.112. The Morgan fingerprint density at radius 3 is 1.28 bits per heavy atom. The molecular weight excluding hydrogens is 689 g/mol. The van der Waals surface area contributed by atoms with Crippen molar-refractivity contribution in [1.82, 2.24) is 0 Å². The predicted octanol–water partition coefficient (Wildman–Crippen LogP) is 4.23. The van der Waals surface area contributed by atoms with E-state index in [9.17, 15) is 35.5 Å². The Hall–Kier alpha value is -6.08. The standard InChI is InChI=1S/C32H26N8O8S2/c1-19-29(31(41)39(37-19)23-9-5-3-6-10-23)35-33-21-13-15-25(27(17-21)49(43,44)45)26-16-14-22(18-28(26)50(46,47)48)34-36-30-20(2)38-40(32(30)42)24-11-7-4-8-12-24/h3-18,33-34H,1-2H3,(H,43,44,45)(H,46,47,48)/b35-29-,36-30-. The molecule has 0 radical (unpaired) electrons. The van der Waals surface area contributed by atoms with Crippen LogP contribution in [0.2, 0.25) is 0 Å². The largest absolute Gasteiger partial charge is 0.301 e. The number of hydrogen-bond donors (Lipinski definition) is 4. The highest BCUT2D eigenvalue weighted by Gasteiger charge is 2.32. The molecule has 6 rings (SSSR count). The van der Waals surface area contributed by atoms with Crippen LogP contribution in [0.25, 0.3) is 11.1 Å². The smallest absolute Gasteiger partial charge is 0.282 e. The first-order valence-corrected chi connectivity index (χ1v) is 17.4. The van der Waals surface area contributed by atoms with E-state index >= 15 is 0 Å². The lowest BCUT2D eigenvalue weighted by Crippen LogP contribution is -2.27. The molecule has 50 heavy (non-hydrogen) atoms. The van der Waals surface area contributed by atoms with Gasteiger partial charge in [0.25, 0.3) is 20.2 Å². The van der Waals surface area contributed by atoms with E-state index in [2.05, 4.69) is 31.3 Å². The minimum absolute atomic E-state index is 0.0120. The molecular formula is C32H26N8O8S2. The van der Waals surface area contributed by atoms with Crippen molar-refractivity contribution >= 4 is 77.6 Å². The topological polar surface area (TPSA) is 223 Å². The number of carbonyl (C=O) groups is 2. The maximum atomic E-state index is 13.0. The Balaban J connectivity index is 1.29. The van der Waals surface area contributed by atoms with Crippen molar-refractivity contribution in [3.8, 4) is 11.1 Å². The molecule has 0 atom stereocenters. The summed E-state index contributed by atoms with van der Waals surface area (Å²) in [4.78, 5) is 24.5. The second-order valence-corrected chi connectivity index (χ2v) is 13.6. The quantitative estimate of drug-likeness (QED) is 0.143. The van der Waals surface area contributed by atoms with E-state index < -0.39 is 41.8 Å². The molecule has 4 N–H and O–H groups in total. The first-order chi connectivity index (χ1) is 23.7. The summed E-state index contributed by atoms with van der Waals surface area (Å²) in [6.07, 6.45) is 0. The SMILES string of the molecule is CC1=NN(c2ccccc2)C(=O)/C1=N\Nc1ccc(-c2ccc(N/N=C3\C(=O)N(c4ccccc4)N=C3C)cc2S(=O)(=O)O)c(S(=O)(=O)O)c1. The van der Waals surface area contributed by atoms with Gasteiger partial charge in [0.2, 0.25) is 0 Å². The van der Waals surface area contributed by atoms with Crippen molar-refractivity contribution in [1.29, 1.82) is 0 Å². The summed E-state index contributed by atoms with van der Waals surface area (Å²) in [5.74, 6) is -1.09. The molecule has 0 bridgehead atoms. The van der Waals surface area contributed by atoms with Crippen LogP contribution >= 0.6 is 0 Å². The highest BCUT2D eigenvalue weighted by Crippen LogP contribution is 2.36. The molecule has 0 unspecified atom stereocenters. The van der Waals surface area contributed by atoms with Crippen LogP contribution in [0.3, 0.4) is 0 Å². The number of amides is 2. The van der Waals surface area contributed by atoms with E-state index in [1.807, 2.05) is 0 Å². The molecule has 0 saturated heterocycles. The molecule has 0 saturated carbocycles. The van der Waals surface area contributed by atoms with Gasteiger partial charge in [-0.05, 0) is 62.4 Å². The van der Waals surface area contributed by atoms with Crippen molar-refractivity contribution in [2.24, 2.45) is 20.4 Å². The van der Waals surface area contributed by atoms with Gasteiger partial charge in [0, 0.05) is 11.1 Å². The molecule has 2 heterocycles. The summed E-state index contributed by atoms with van der Waals surface area (Å²) in [7, 11) is -10.00. The van der Waals surface area contributed by atoms with Crippen LogP contribution in [-0.4, -0.2) is 60.6 Å². The first-order valence-electron chi connectivity index (χ1n) is 14.5. The molecule has 16 nitrogen and oxygen atoms in total. The Morgan fingerprint density at radius 2 is 0.940 bits per heavy atom. The summed E-state index contributed by atoms with van der Waals surface area (Å²) in [5.41, 5.74) is 6.08. The molecule has 0 aliphatic carbocycles. The van der Waals surface area contributed by atoms with Crippen molar-refractivity contribution in [2.45, 2.75) is 23.6 Å². The van der Waals surface area contributed by atoms with Gasteiger partial charge in [0.1, 0.15) is 9.79 Å². The van der Waals surface area contributed by atoms with Gasteiger partial charge in [-0.2, -0.15) is 47.3 Å². The van der Waals surface area contributed by atoms with Crippen molar-refractivity contribution < 1.29 is 35.5 Å². The number of para-hydroxylation sites is 2. The number of anilines is 4. The second-order valence-electron chi connectivity index (χ2n) is 10.8. The maximum absolute atomic E-state index is 13.0.